The number of likely N-dealkylation sites (tertiary alicyclic amines) is 1. The maximum Gasteiger partial charge on any atom is 0.224 e. The zero-order chi connectivity index (χ0) is 13.7. The number of thioether (sulfide) groups is 1. The first-order valence-electron chi connectivity index (χ1n) is 7.83. The van der Waals surface area contributed by atoms with Gasteiger partial charge in [-0.05, 0) is 25.2 Å². The van der Waals surface area contributed by atoms with E-state index in [4.69, 9.17) is 0 Å². The predicted octanol–water partition coefficient (Wildman–Crippen LogP) is 2.93. The summed E-state index contributed by atoms with van der Waals surface area (Å²) in [6, 6.07) is 0.883. The van der Waals surface area contributed by atoms with Crippen LogP contribution in [0.1, 0.15) is 46.0 Å². The SMILES string of the molecule is CCCC1C(C)CCCN1C(=O)CC1CSCCN1.Cl. The van der Waals surface area contributed by atoms with Crippen molar-refractivity contribution in [2.45, 2.75) is 58.0 Å². The molecule has 3 unspecified atom stereocenters. The molecule has 1 amide bonds. The molecule has 0 aromatic rings. The Kier molecular flexibility index (Phi) is 8.30. The van der Waals surface area contributed by atoms with Crippen molar-refractivity contribution in [2.75, 3.05) is 24.6 Å². The van der Waals surface area contributed by atoms with Gasteiger partial charge in [0.25, 0.3) is 0 Å². The molecular weight excluding hydrogens is 292 g/mol. The van der Waals surface area contributed by atoms with Crippen LogP contribution >= 0.6 is 24.2 Å². The molecule has 0 bridgehead atoms. The van der Waals surface area contributed by atoms with Crippen molar-refractivity contribution < 1.29 is 4.79 Å². The molecule has 0 aliphatic carbocycles. The Hall–Kier alpha value is 0.0700. The number of nitrogens with one attached hydrogen (secondary N) is 1. The number of piperidine rings is 1. The lowest BCUT2D eigenvalue weighted by atomic mass is 9.87. The molecule has 3 atom stereocenters. The number of amides is 1. The van der Waals surface area contributed by atoms with E-state index in [1.165, 1.54) is 31.4 Å². The normalized spacial score (nSPS) is 30.7. The molecule has 2 heterocycles. The van der Waals surface area contributed by atoms with E-state index in [9.17, 15) is 4.79 Å². The third kappa shape index (κ3) is 4.81. The molecule has 20 heavy (non-hydrogen) atoms. The van der Waals surface area contributed by atoms with E-state index in [1.54, 1.807) is 0 Å². The summed E-state index contributed by atoms with van der Waals surface area (Å²) in [6.45, 7) is 6.57. The minimum absolute atomic E-state index is 0. The number of halogens is 1. The molecule has 2 rings (SSSR count). The van der Waals surface area contributed by atoms with Gasteiger partial charge >= 0.3 is 0 Å². The lowest BCUT2D eigenvalue weighted by Gasteiger charge is -2.41. The smallest absolute Gasteiger partial charge is 0.224 e. The Balaban J connectivity index is 0.00000200. The molecule has 2 aliphatic rings. The third-order valence-electron chi connectivity index (χ3n) is 4.44. The summed E-state index contributed by atoms with van der Waals surface area (Å²) in [7, 11) is 0. The second-order valence-corrected chi connectivity index (χ2v) is 7.14. The van der Waals surface area contributed by atoms with Crippen molar-refractivity contribution in [1.82, 2.24) is 10.2 Å². The molecular formula is C15H29ClN2OS. The zero-order valence-electron chi connectivity index (χ0n) is 12.8. The van der Waals surface area contributed by atoms with Crippen LogP contribution in [0, 0.1) is 5.92 Å². The van der Waals surface area contributed by atoms with Gasteiger partial charge < -0.3 is 10.2 Å². The van der Waals surface area contributed by atoms with Crippen molar-refractivity contribution in [2.24, 2.45) is 5.92 Å². The highest BCUT2D eigenvalue weighted by molar-refractivity contribution is 7.99. The van der Waals surface area contributed by atoms with Gasteiger partial charge in [0.1, 0.15) is 0 Å². The second kappa shape index (κ2) is 9.16. The zero-order valence-corrected chi connectivity index (χ0v) is 14.4. The molecule has 0 aromatic heterocycles. The summed E-state index contributed by atoms with van der Waals surface area (Å²) in [6.07, 6.45) is 5.50. The minimum atomic E-state index is 0. The van der Waals surface area contributed by atoms with Crippen molar-refractivity contribution in [3.05, 3.63) is 0 Å². The van der Waals surface area contributed by atoms with Crippen LogP contribution in [0.2, 0.25) is 0 Å². The van der Waals surface area contributed by atoms with E-state index in [2.05, 4.69) is 24.1 Å². The molecule has 3 nitrogen and oxygen atoms in total. The van der Waals surface area contributed by atoms with Gasteiger partial charge in [-0.25, -0.2) is 0 Å². The van der Waals surface area contributed by atoms with Crippen LogP contribution < -0.4 is 5.32 Å². The van der Waals surface area contributed by atoms with Gasteiger partial charge in [0, 0.05) is 43.1 Å². The Morgan fingerprint density at radius 2 is 2.25 bits per heavy atom. The molecule has 0 saturated carbocycles. The summed E-state index contributed by atoms with van der Waals surface area (Å²) in [5.41, 5.74) is 0. The van der Waals surface area contributed by atoms with E-state index in [1.807, 2.05) is 11.8 Å². The first-order chi connectivity index (χ1) is 9.22. The quantitative estimate of drug-likeness (QED) is 0.864. The molecule has 1 N–H and O–H groups in total. The average Bonchev–Trinajstić information content (AvgIpc) is 2.42. The Bertz CT molecular complexity index is 298. The average molecular weight is 321 g/mol. The summed E-state index contributed by atoms with van der Waals surface area (Å²) >= 11 is 1.97. The molecule has 2 aliphatic heterocycles. The topological polar surface area (TPSA) is 32.3 Å². The lowest BCUT2D eigenvalue weighted by molar-refractivity contribution is -0.137. The minimum Gasteiger partial charge on any atom is -0.339 e. The van der Waals surface area contributed by atoms with Gasteiger partial charge in [0.05, 0.1) is 0 Å². The largest absolute Gasteiger partial charge is 0.339 e. The fraction of sp³-hybridized carbons (Fsp3) is 0.933. The second-order valence-electron chi connectivity index (χ2n) is 5.99. The molecule has 5 heteroatoms. The fourth-order valence-corrected chi connectivity index (χ4v) is 4.32. The van der Waals surface area contributed by atoms with Crippen LogP contribution in [-0.4, -0.2) is 47.5 Å². The molecule has 0 radical (unpaired) electrons. The molecule has 2 saturated heterocycles. The van der Waals surface area contributed by atoms with Gasteiger partial charge in [0.2, 0.25) is 5.91 Å². The van der Waals surface area contributed by atoms with Crippen molar-refractivity contribution in [3.63, 3.8) is 0 Å². The van der Waals surface area contributed by atoms with Gasteiger partial charge in [-0.1, -0.05) is 20.3 Å². The van der Waals surface area contributed by atoms with E-state index < -0.39 is 0 Å². The van der Waals surface area contributed by atoms with Crippen LogP contribution in [-0.2, 0) is 4.79 Å². The van der Waals surface area contributed by atoms with E-state index in [0.717, 1.165) is 18.8 Å². The number of hydrogen-bond acceptors (Lipinski definition) is 3. The van der Waals surface area contributed by atoms with E-state index >= 15 is 0 Å². The number of carbonyl (C=O) groups excluding carboxylic acids is 1. The maximum absolute atomic E-state index is 12.6. The first-order valence-corrected chi connectivity index (χ1v) is 8.98. The lowest BCUT2D eigenvalue weighted by Crippen LogP contribution is -2.50. The van der Waals surface area contributed by atoms with E-state index in [-0.39, 0.29) is 12.4 Å². The fourth-order valence-electron chi connectivity index (χ4n) is 3.37. The van der Waals surface area contributed by atoms with E-state index in [0.29, 0.717) is 30.3 Å². The Morgan fingerprint density at radius 1 is 1.45 bits per heavy atom. The third-order valence-corrected chi connectivity index (χ3v) is 5.57. The number of nitrogens with zero attached hydrogens (tertiary/aromatic N) is 1. The summed E-state index contributed by atoms with van der Waals surface area (Å²) < 4.78 is 0. The molecule has 0 aromatic carbocycles. The van der Waals surface area contributed by atoms with Gasteiger partial charge in [-0.3, -0.25) is 4.79 Å². The summed E-state index contributed by atoms with van der Waals surface area (Å²) in [5.74, 6) is 3.33. The standard InChI is InChI=1S/C15H28N2OS.ClH/c1-3-5-14-12(2)6-4-8-17(14)15(18)10-13-11-19-9-7-16-13;/h12-14,16H,3-11H2,1-2H3;1H. The number of rotatable bonds is 4. The predicted molar refractivity (Wildman–Crippen MR) is 89.8 cm³/mol. The highest BCUT2D eigenvalue weighted by Crippen LogP contribution is 2.27. The molecule has 0 spiro atoms. The highest BCUT2D eigenvalue weighted by atomic mass is 35.5. The highest BCUT2D eigenvalue weighted by Gasteiger charge is 2.32. The number of carbonyl (C=O) groups is 1. The van der Waals surface area contributed by atoms with Gasteiger partial charge in [0.15, 0.2) is 0 Å². The van der Waals surface area contributed by atoms with Crippen LogP contribution in [0.4, 0.5) is 0 Å². The van der Waals surface area contributed by atoms with Crippen LogP contribution in [0.25, 0.3) is 0 Å². The molecule has 118 valence electrons. The van der Waals surface area contributed by atoms with Crippen LogP contribution in [0.5, 0.6) is 0 Å². The van der Waals surface area contributed by atoms with Crippen molar-refractivity contribution in [3.8, 4) is 0 Å². The summed E-state index contributed by atoms with van der Waals surface area (Å²) in [4.78, 5) is 14.8. The van der Waals surface area contributed by atoms with Crippen LogP contribution in [0.15, 0.2) is 0 Å². The Morgan fingerprint density at radius 3 is 2.90 bits per heavy atom. The maximum atomic E-state index is 12.6. The van der Waals surface area contributed by atoms with Gasteiger partial charge in [-0.2, -0.15) is 11.8 Å². The van der Waals surface area contributed by atoms with Crippen LogP contribution in [0.3, 0.4) is 0 Å². The van der Waals surface area contributed by atoms with Gasteiger partial charge in [-0.15, -0.1) is 12.4 Å². The summed E-state index contributed by atoms with van der Waals surface area (Å²) in [5, 5.41) is 3.48. The monoisotopic (exact) mass is 320 g/mol. The number of hydrogen-bond donors (Lipinski definition) is 1. The first kappa shape index (κ1) is 18.1. The molecule has 2 fully saturated rings. The van der Waals surface area contributed by atoms with Crippen molar-refractivity contribution >= 4 is 30.1 Å². The van der Waals surface area contributed by atoms with Crippen molar-refractivity contribution in [1.29, 1.82) is 0 Å². The Labute approximate surface area is 134 Å².